The quantitative estimate of drug-likeness (QED) is 0.648. The summed E-state index contributed by atoms with van der Waals surface area (Å²) in [5.41, 5.74) is 1.84. The van der Waals surface area contributed by atoms with Gasteiger partial charge in [0.1, 0.15) is 12.1 Å². The number of aromatic amines is 2. The molecule has 3 N–H and O–H groups in total. The Labute approximate surface area is 118 Å². The number of aromatic nitrogens is 4. The summed E-state index contributed by atoms with van der Waals surface area (Å²) < 4.78 is 0. The highest BCUT2D eigenvalue weighted by atomic mass is 16.1. The van der Waals surface area contributed by atoms with Crippen molar-refractivity contribution >= 4 is 22.9 Å². The van der Waals surface area contributed by atoms with Crippen molar-refractivity contribution in [3.05, 3.63) is 41.5 Å². The number of carbonyl (C=O) groups is 1. The lowest BCUT2D eigenvalue weighted by Gasteiger charge is -2.01. The van der Waals surface area contributed by atoms with E-state index < -0.39 is 5.91 Å². The molecule has 100 valence electrons. The Morgan fingerprint density at radius 1 is 1.29 bits per heavy atom. The number of nitrogens with one attached hydrogen (secondary N) is 3. The zero-order chi connectivity index (χ0) is 14.8. The van der Waals surface area contributed by atoms with Gasteiger partial charge in [0.05, 0.1) is 17.4 Å². The van der Waals surface area contributed by atoms with Gasteiger partial charge >= 0.3 is 0 Å². The second-order valence-electron chi connectivity index (χ2n) is 4.12. The van der Waals surface area contributed by atoms with E-state index in [-0.39, 0.29) is 17.3 Å². The van der Waals surface area contributed by atoms with Gasteiger partial charge in [0.25, 0.3) is 5.91 Å². The van der Waals surface area contributed by atoms with Crippen LogP contribution < -0.4 is 5.32 Å². The van der Waals surface area contributed by atoms with E-state index in [1.165, 1.54) is 6.33 Å². The predicted octanol–water partition coefficient (Wildman–Crippen LogP) is 1.28. The number of amides is 1. The lowest BCUT2D eigenvalue weighted by molar-refractivity contribution is 0.102. The molecule has 0 atom stereocenters. The van der Waals surface area contributed by atoms with E-state index in [1.54, 1.807) is 30.3 Å². The molecule has 0 spiro atoms. The van der Waals surface area contributed by atoms with Crippen molar-refractivity contribution in [2.45, 2.75) is 0 Å². The van der Waals surface area contributed by atoms with Crippen molar-refractivity contribution < 1.29 is 4.79 Å². The monoisotopic (exact) mass is 277 g/mol. The van der Waals surface area contributed by atoms with Gasteiger partial charge < -0.3 is 9.97 Å². The highest BCUT2D eigenvalue weighted by Gasteiger charge is 2.13. The molecule has 0 saturated heterocycles. The summed E-state index contributed by atoms with van der Waals surface area (Å²) in [6.45, 7) is 0. The SMILES string of the molecule is N#Cc1nc(NC(=O)c2ccc3nc[nH]c3c2)[nH]c1C#N. The van der Waals surface area contributed by atoms with Crippen LogP contribution in [0.4, 0.5) is 5.95 Å². The number of anilines is 1. The molecule has 3 rings (SSSR count). The van der Waals surface area contributed by atoms with E-state index in [1.807, 2.05) is 0 Å². The molecule has 1 aromatic carbocycles. The van der Waals surface area contributed by atoms with Gasteiger partial charge in [-0.2, -0.15) is 10.5 Å². The Balaban J connectivity index is 1.87. The first-order valence-corrected chi connectivity index (χ1v) is 5.86. The molecule has 3 aromatic rings. The Morgan fingerprint density at radius 2 is 2.14 bits per heavy atom. The fourth-order valence-electron chi connectivity index (χ4n) is 1.85. The number of fused-ring (bicyclic) bond motifs is 1. The molecule has 0 fully saturated rings. The highest BCUT2D eigenvalue weighted by molar-refractivity contribution is 6.05. The van der Waals surface area contributed by atoms with Gasteiger partial charge in [-0.25, -0.2) is 9.97 Å². The Morgan fingerprint density at radius 3 is 2.86 bits per heavy atom. The first kappa shape index (κ1) is 12.4. The van der Waals surface area contributed by atoms with Gasteiger partial charge in [-0.3, -0.25) is 10.1 Å². The number of rotatable bonds is 2. The molecule has 2 heterocycles. The van der Waals surface area contributed by atoms with Crippen molar-refractivity contribution in [1.82, 2.24) is 19.9 Å². The third-order valence-electron chi connectivity index (χ3n) is 2.84. The number of nitrogens with zero attached hydrogens (tertiary/aromatic N) is 4. The van der Waals surface area contributed by atoms with E-state index in [0.29, 0.717) is 5.56 Å². The largest absolute Gasteiger partial charge is 0.345 e. The van der Waals surface area contributed by atoms with Crippen LogP contribution in [0.25, 0.3) is 11.0 Å². The zero-order valence-corrected chi connectivity index (χ0v) is 10.5. The summed E-state index contributed by atoms with van der Waals surface area (Å²) in [6, 6.07) is 8.55. The normalized spacial score (nSPS) is 10.0. The maximum Gasteiger partial charge on any atom is 0.258 e. The van der Waals surface area contributed by atoms with E-state index in [4.69, 9.17) is 10.5 Å². The van der Waals surface area contributed by atoms with E-state index in [0.717, 1.165) is 11.0 Å². The van der Waals surface area contributed by atoms with Gasteiger partial charge in [-0.1, -0.05) is 0 Å². The third kappa shape index (κ3) is 2.17. The van der Waals surface area contributed by atoms with Crippen LogP contribution in [0.15, 0.2) is 24.5 Å². The summed E-state index contributed by atoms with van der Waals surface area (Å²) in [4.78, 5) is 25.5. The zero-order valence-electron chi connectivity index (χ0n) is 10.5. The summed E-state index contributed by atoms with van der Waals surface area (Å²) in [7, 11) is 0. The number of benzene rings is 1. The molecule has 0 bridgehead atoms. The molecule has 8 nitrogen and oxygen atoms in total. The molecular weight excluding hydrogens is 270 g/mol. The summed E-state index contributed by atoms with van der Waals surface area (Å²) in [6.07, 6.45) is 1.54. The fraction of sp³-hybridized carbons (Fsp3) is 0. The van der Waals surface area contributed by atoms with Gasteiger partial charge in [0.2, 0.25) is 5.95 Å². The summed E-state index contributed by atoms with van der Waals surface area (Å²) >= 11 is 0. The second-order valence-corrected chi connectivity index (χ2v) is 4.12. The van der Waals surface area contributed by atoms with Crippen molar-refractivity contribution in [3.63, 3.8) is 0 Å². The van der Waals surface area contributed by atoms with Crippen molar-refractivity contribution in [3.8, 4) is 12.1 Å². The van der Waals surface area contributed by atoms with Crippen LogP contribution in [-0.4, -0.2) is 25.8 Å². The molecule has 0 aliphatic carbocycles. The van der Waals surface area contributed by atoms with Crippen LogP contribution in [-0.2, 0) is 0 Å². The molecule has 0 aliphatic rings. The van der Waals surface area contributed by atoms with Crippen molar-refractivity contribution in [1.29, 1.82) is 10.5 Å². The van der Waals surface area contributed by atoms with Crippen LogP contribution in [0, 0.1) is 22.7 Å². The Bertz CT molecular complexity index is 891. The van der Waals surface area contributed by atoms with Crippen molar-refractivity contribution in [2.75, 3.05) is 5.32 Å². The topological polar surface area (TPSA) is 134 Å². The molecule has 2 aromatic heterocycles. The average Bonchev–Trinajstić information content (AvgIpc) is 3.11. The minimum absolute atomic E-state index is 0.0109. The smallest absolute Gasteiger partial charge is 0.258 e. The van der Waals surface area contributed by atoms with Crippen LogP contribution >= 0.6 is 0 Å². The van der Waals surface area contributed by atoms with E-state index in [2.05, 4.69) is 25.3 Å². The molecule has 0 unspecified atom stereocenters. The molecule has 21 heavy (non-hydrogen) atoms. The van der Waals surface area contributed by atoms with Crippen LogP contribution in [0.2, 0.25) is 0 Å². The standard InChI is InChI=1S/C13H7N7O/c14-4-10-11(5-15)19-13(18-10)20-12(21)7-1-2-8-9(3-7)17-6-16-8/h1-3,6H,(H,16,17)(H2,18,19,20,21). The van der Waals surface area contributed by atoms with E-state index in [9.17, 15) is 4.79 Å². The molecule has 8 heteroatoms. The van der Waals surface area contributed by atoms with Crippen LogP contribution in [0.3, 0.4) is 0 Å². The Kier molecular flexibility index (Phi) is 2.83. The minimum Gasteiger partial charge on any atom is -0.345 e. The maximum absolute atomic E-state index is 12.1. The van der Waals surface area contributed by atoms with Gasteiger partial charge in [-0.15, -0.1) is 0 Å². The first-order valence-electron chi connectivity index (χ1n) is 5.86. The predicted molar refractivity (Wildman–Crippen MR) is 72.1 cm³/mol. The Hall–Kier alpha value is -3.65. The summed E-state index contributed by atoms with van der Waals surface area (Å²) in [5.74, 6) is -0.355. The van der Waals surface area contributed by atoms with Gasteiger partial charge in [0.15, 0.2) is 11.4 Å². The van der Waals surface area contributed by atoms with Gasteiger partial charge in [-0.05, 0) is 18.2 Å². The highest BCUT2D eigenvalue weighted by Crippen LogP contribution is 2.14. The number of hydrogen-bond acceptors (Lipinski definition) is 5. The number of carbonyl (C=O) groups excluding carboxylic acids is 1. The molecule has 0 radical (unpaired) electrons. The average molecular weight is 277 g/mol. The molecule has 0 aliphatic heterocycles. The lowest BCUT2D eigenvalue weighted by Crippen LogP contribution is -2.12. The fourth-order valence-corrected chi connectivity index (χ4v) is 1.85. The number of nitriles is 2. The third-order valence-corrected chi connectivity index (χ3v) is 2.84. The van der Waals surface area contributed by atoms with Crippen LogP contribution in [0.5, 0.6) is 0 Å². The molecular formula is C13H7N7O. The van der Waals surface area contributed by atoms with E-state index >= 15 is 0 Å². The minimum atomic E-state index is -0.408. The van der Waals surface area contributed by atoms with Gasteiger partial charge in [0, 0.05) is 5.56 Å². The number of imidazole rings is 2. The maximum atomic E-state index is 12.1. The molecule has 0 saturated carbocycles. The summed E-state index contributed by atoms with van der Waals surface area (Å²) in [5, 5.41) is 20.1. The van der Waals surface area contributed by atoms with Crippen molar-refractivity contribution in [2.24, 2.45) is 0 Å². The lowest BCUT2D eigenvalue weighted by atomic mass is 10.2. The second kappa shape index (κ2) is 4.79. The molecule has 1 amide bonds. The number of hydrogen-bond donors (Lipinski definition) is 3. The van der Waals surface area contributed by atoms with Crippen LogP contribution in [0.1, 0.15) is 21.7 Å². The first-order chi connectivity index (χ1) is 10.2. The number of H-pyrrole nitrogens is 2.